The lowest BCUT2D eigenvalue weighted by Crippen LogP contribution is -2.59. The maximum absolute atomic E-state index is 15.6. The van der Waals surface area contributed by atoms with Gasteiger partial charge in [-0.25, -0.2) is 9.37 Å². The second kappa shape index (κ2) is 8.63. The summed E-state index contributed by atoms with van der Waals surface area (Å²) in [6.45, 7) is 4.27. The zero-order chi connectivity index (χ0) is 25.0. The smallest absolute Gasteiger partial charge is 0.255 e. The average molecular weight is 494 g/mol. The van der Waals surface area contributed by atoms with Crippen molar-refractivity contribution in [1.82, 2.24) is 20.1 Å². The fourth-order valence-corrected chi connectivity index (χ4v) is 6.00. The zero-order valence-corrected chi connectivity index (χ0v) is 19.9. The van der Waals surface area contributed by atoms with E-state index in [4.69, 9.17) is 10.5 Å². The van der Waals surface area contributed by atoms with Crippen LogP contribution in [0, 0.1) is 11.2 Å². The first kappa shape index (κ1) is 23.1. The van der Waals surface area contributed by atoms with Crippen molar-refractivity contribution in [3.8, 4) is 11.3 Å². The lowest BCUT2D eigenvalue weighted by Gasteiger charge is -2.52. The number of imide groups is 1. The number of likely N-dealkylation sites (tertiary alicyclic amines) is 1. The van der Waals surface area contributed by atoms with Gasteiger partial charge < -0.3 is 15.4 Å². The molecule has 4 aliphatic rings. The Bertz CT molecular complexity index is 1270. The summed E-state index contributed by atoms with van der Waals surface area (Å²) in [6, 6.07) is 5.95. The molecule has 0 aliphatic carbocycles. The highest BCUT2D eigenvalue weighted by atomic mass is 19.1. The molecular formula is C26H28FN5O4. The molecule has 188 valence electrons. The van der Waals surface area contributed by atoms with Gasteiger partial charge in [0.2, 0.25) is 11.8 Å². The number of rotatable bonds is 4. The molecule has 0 radical (unpaired) electrons. The first-order valence-corrected chi connectivity index (χ1v) is 12.4. The number of halogens is 1. The molecule has 6 rings (SSSR count). The molecule has 3 saturated heterocycles. The number of anilines is 1. The Labute approximate surface area is 207 Å². The monoisotopic (exact) mass is 493 g/mol. The summed E-state index contributed by atoms with van der Waals surface area (Å²) in [5, 5.41) is 2.26. The summed E-state index contributed by atoms with van der Waals surface area (Å²) >= 11 is 0. The van der Waals surface area contributed by atoms with Gasteiger partial charge in [0.15, 0.2) is 0 Å². The van der Waals surface area contributed by atoms with Gasteiger partial charge in [-0.1, -0.05) is 6.07 Å². The van der Waals surface area contributed by atoms with Crippen molar-refractivity contribution in [2.24, 2.45) is 5.41 Å². The van der Waals surface area contributed by atoms with E-state index in [1.54, 1.807) is 12.1 Å². The highest BCUT2D eigenvalue weighted by Crippen LogP contribution is 2.39. The van der Waals surface area contributed by atoms with E-state index in [-0.39, 0.29) is 47.4 Å². The number of carbonyl (C=O) groups excluding carboxylic acids is 3. The van der Waals surface area contributed by atoms with Crippen molar-refractivity contribution in [1.29, 1.82) is 0 Å². The minimum atomic E-state index is -0.792. The Morgan fingerprint density at radius 2 is 1.97 bits per heavy atom. The van der Waals surface area contributed by atoms with E-state index in [1.807, 2.05) is 6.07 Å². The lowest BCUT2D eigenvalue weighted by molar-refractivity contribution is -0.136. The van der Waals surface area contributed by atoms with Gasteiger partial charge in [0.1, 0.15) is 17.7 Å². The third kappa shape index (κ3) is 3.84. The highest BCUT2D eigenvalue weighted by molar-refractivity contribution is 6.05. The largest absolute Gasteiger partial charge is 0.383 e. The fraction of sp³-hybridized carbons (Fsp3) is 0.462. The zero-order valence-electron chi connectivity index (χ0n) is 19.9. The number of fused-ring (bicyclic) bond motifs is 1. The summed E-state index contributed by atoms with van der Waals surface area (Å²) in [5.41, 5.74) is 8.54. The van der Waals surface area contributed by atoms with Crippen LogP contribution in [0.4, 0.5) is 10.2 Å². The third-order valence-electron chi connectivity index (χ3n) is 7.85. The van der Waals surface area contributed by atoms with Gasteiger partial charge in [0.05, 0.1) is 18.8 Å². The molecule has 1 atom stereocenters. The maximum atomic E-state index is 15.6. The van der Waals surface area contributed by atoms with Crippen LogP contribution < -0.4 is 11.1 Å². The average Bonchev–Trinajstić information content (AvgIpc) is 3.17. The van der Waals surface area contributed by atoms with E-state index in [9.17, 15) is 14.4 Å². The van der Waals surface area contributed by atoms with Crippen LogP contribution >= 0.6 is 0 Å². The van der Waals surface area contributed by atoms with Crippen LogP contribution in [-0.2, 0) is 27.4 Å². The van der Waals surface area contributed by atoms with Gasteiger partial charge in [-0.3, -0.25) is 24.6 Å². The van der Waals surface area contributed by atoms with Crippen LogP contribution in [0.3, 0.4) is 0 Å². The van der Waals surface area contributed by atoms with Gasteiger partial charge in [-0.2, -0.15) is 0 Å². The number of pyridine rings is 1. The minimum Gasteiger partial charge on any atom is -0.383 e. The fourth-order valence-electron chi connectivity index (χ4n) is 6.00. The van der Waals surface area contributed by atoms with E-state index in [2.05, 4.69) is 15.2 Å². The molecule has 36 heavy (non-hydrogen) atoms. The second-order valence-corrected chi connectivity index (χ2v) is 10.4. The molecule has 1 aromatic heterocycles. The molecular weight excluding hydrogens is 465 g/mol. The molecule has 1 aromatic carbocycles. The summed E-state index contributed by atoms with van der Waals surface area (Å²) < 4.78 is 21.3. The van der Waals surface area contributed by atoms with Crippen LogP contribution in [0.5, 0.6) is 0 Å². The molecule has 10 heteroatoms. The van der Waals surface area contributed by atoms with Gasteiger partial charge in [0.25, 0.3) is 5.91 Å². The van der Waals surface area contributed by atoms with Crippen molar-refractivity contribution in [2.75, 3.05) is 32.0 Å². The Morgan fingerprint density at radius 3 is 2.69 bits per heavy atom. The summed E-state index contributed by atoms with van der Waals surface area (Å²) in [4.78, 5) is 44.8. The number of nitrogen functional groups attached to an aromatic ring is 1. The number of carbonyl (C=O) groups is 3. The van der Waals surface area contributed by atoms with E-state index in [0.717, 1.165) is 38.3 Å². The van der Waals surface area contributed by atoms with Gasteiger partial charge in [-0.05, 0) is 37.5 Å². The molecule has 9 nitrogen and oxygen atoms in total. The van der Waals surface area contributed by atoms with Crippen LogP contribution in [0.15, 0.2) is 24.3 Å². The number of hydrogen-bond acceptors (Lipinski definition) is 7. The molecule has 5 heterocycles. The van der Waals surface area contributed by atoms with Crippen LogP contribution in [0.1, 0.15) is 47.2 Å². The van der Waals surface area contributed by atoms with E-state index < -0.39 is 23.7 Å². The molecule has 4 aliphatic heterocycles. The van der Waals surface area contributed by atoms with Crippen LogP contribution in [0.2, 0.25) is 0 Å². The minimum absolute atomic E-state index is 0.0336. The number of aromatic nitrogens is 1. The van der Waals surface area contributed by atoms with Crippen molar-refractivity contribution >= 4 is 23.5 Å². The van der Waals surface area contributed by atoms with E-state index in [1.165, 1.54) is 17.4 Å². The molecule has 3 N–H and O–H groups in total. The lowest BCUT2D eigenvalue weighted by atomic mass is 9.75. The number of nitrogens with two attached hydrogens (primary N) is 1. The number of benzene rings is 1. The summed E-state index contributed by atoms with van der Waals surface area (Å²) in [6.07, 6.45) is 2.67. The summed E-state index contributed by atoms with van der Waals surface area (Å²) in [5.74, 6) is -1.49. The number of hydrogen-bond donors (Lipinski definition) is 2. The van der Waals surface area contributed by atoms with Crippen molar-refractivity contribution in [3.63, 3.8) is 0 Å². The number of ether oxygens (including phenoxy) is 1. The number of piperidine rings is 1. The molecule has 3 amide bonds. The van der Waals surface area contributed by atoms with Crippen molar-refractivity contribution < 1.29 is 23.5 Å². The Kier molecular flexibility index (Phi) is 5.53. The van der Waals surface area contributed by atoms with E-state index in [0.29, 0.717) is 18.1 Å². The highest BCUT2D eigenvalue weighted by Gasteiger charge is 2.44. The first-order chi connectivity index (χ1) is 17.3. The molecule has 0 unspecified atom stereocenters. The van der Waals surface area contributed by atoms with E-state index >= 15 is 4.39 Å². The normalized spacial score (nSPS) is 23.5. The predicted molar refractivity (Wildman–Crippen MR) is 128 cm³/mol. The summed E-state index contributed by atoms with van der Waals surface area (Å²) in [7, 11) is 0. The van der Waals surface area contributed by atoms with Crippen LogP contribution in [-0.4, -0.2) is 64.9 Å². The predicted octanol–water partition coefficient (Wildman–Crippen LogP) is 1.84. The second-order valence-electron chi connectivity index (χ2n) is 10.4. The van der Waals surface area contributed by atoms with Crippen LogP contribution in [0.25, 0.3) is 11.3 Å². The Morgan fingerprint density at radius 1 is 1.17 bits per heavy atom. The topological polar surface area (TPSA) is 118 Å². The third-order valence-corrected chi connectivity index (χ3v) is 7.85. The molecule has 3 fully saturated rings. The molecule has 1 spiro atoms. The Hall–Kier alpha value is -3.37. The van der Waals surface area contributed by atoms with Crippen molar-refractivity contribution in [3.05, 3.63) is 46.8 Å². The Balaban J connectivity index is 1.18. The van der Waals surface area contributed by atoms with Gasteiger partial charge in [0, 0.05) is 60.3 Å². The number of nitrogens with zero attached hydrogens (tertiary/aromatic N) is 3. The van der Waals surface area contributed by atoms with Gasteiger partial charge >= 0.3 is 0 Å². The van der Waals surface area contributed by atoms with Crippen molar-refractivity contribution in [2.45, 2.75) is 44.8 Å². The maximum Gasteiger partial charge on any atom is 0.255 e. The molecule has 0 saturated carbocycles. The SMILES string of the molecule is Nc1nc(-c2ccc3c(c2F)CN([C@H]2CCC(=O)NC2=O)C3=O)ccc1CN1CC2(CCCOC2)C1. The number of nitrogens with one attached hydrogen (secondary N) is 1. The quantitative estimate of drug-likeness (QED) is 0.624. The first-order valence-electron chi connectivity index (χ1n) is 12.4. The van der Waals surface area contributed by atoms with Gasteiger partial charge in [-0.15, -0.1) is 0 Å². The number of amides is 3. The standard InChI is InChI=1S/C26H28FN5O4/c27-22-17(4-3-16-18(22)11-32(25(16)35)20-6-7-21(33)30-24(20)34)19-5-2-15(23(28)29-19)10-31-12-26(13-31)8-1-9-36-14-26/h2-5,20H,1,6-14H2,(H2,28,29)(H,30,33,34)/t20-/m0/s1. The molecule has 2 aromatic rings. The molecule has 0 bridgehead atoms.